The third-order valence-corrected chi connectivity index (χ3v) is 5.08. The number of rotatable bonds is 5. The standard InChI is InChI=1S/C21H20ClN5O3/c1-12-3-5-16(13(2)7-12)25-20(29)10-30-18-6-4-14(22)8-15(18)17-9-19(28)26-21-23-11-24-27(17)21/h3-8,11,17H,9-10H2,1-2H3,(H,25,29)(H,23,24,26,28)/t17-/m1/s1. The molecular formula is C21H20ClN5O3. The van der Waals surface area contributed by atoms with Crippen LogP contribution in [0.3, 0.4) is 0 Å². The van der Waals surface area contributed by atoms with Gasteiger partial charge in [-0.15, -0.1) is 0 Å². The minimum atomic E-state index is -0.438. The van der Waals surface area contributed by atoms with Gasteiger partial charge in [0.05, 0.1) is 12.5 Å². The highest BCUT2D eigenvalue weighted by atomic mass is 35.5. The maximum atomic E-state index is 12.4. The van der Waals surface area contributed by atoms with Gasteiger partial charge >= 0.3 is 0 Å². The molecule has 1 aliphatic rings. The molecule has 1 aliphatic heterocycles. The lowest BCUT2D eigenvalue weighted by Crippen LogP contribution is -2.30. The number of carbonyl (C=O) groups is 2. The van der Waals surface area contributed by atoms with Crippen LogP contribution in [0.15, 0.2) is 42.7 Å². The van der Waals surface area contributed by atoms with Gasteiger partial charge in [0.1, 0.15) is 12.1 Å². The molecule has 2 aromatic carbocycles. The highest BCUT2D eigenvalue weighted by Crippen LogP contribution is 2.35. The Morgan fingerprint density at radius 3 is 2.93 bits per heavy atom. The zero-order valence-corrected chi connectivity index (χ0v) is 17.2. The molecule has 0 fully saturated rings. The van der Waals surface area contributed by atoms with E-state index in [1.165, 1.54) is 6.33 Å². The van der Waals surface area contributed by atoms with Crippen molar-refractivity contribution in [1.82, 2.24) is 14.8 Å². The number of hydrogen-bond donors (Lipinski definition) is 2. The summed E-state index contributed by atoms with van der Waals surface area (Å²) >= 11 is 6.19. The number of ether oxygens (including phenoxy) is 1. The summed E-state index contributed by atoms with van der Waals surface area (Å²) in [7, 11) is 0. The van der Waals surface area contributed by atoms with Crippen LogP contribution in [-0.4, -0.2) is 33.2 Å². The second-order valence-electron chi connectivity index (χ2n) is 7.13. The van der Waals surface area contributed by atoms with Gasteiger partial charge in [0.15, 0.2) is 6.61 Å². The average Bonchev–Trinajstić information content (AvgIpc) is 3.17. The minimum Gasteiger partial charge on any atom is -0.483 e. The number of hydrogen-bond acceptors (Lipinski definition) is 5. The highest BCUT2D eigenvalue weighted by Gasteiger charge is 2.30. The van der Waals surface area contributed by atoms with Crippen molar-refractivity contribution in [2.24, 2.45) is 0 Å². The summed E-state index contributed by atoms with van der Waals surface area (Å²) in [6, 6.07) is 10.4. The van der Waals surface area contributed by atoms with Gasteiger partial charge in [0, 0.05) is 16.3 Å². The van der Waals surface area contributed by atoms with E-state index in [0.717, 1.165) is 16.8 Å². The number of benzene rings is 2. The van der Waals surface area contributed by atoms with Crippen molar-refractivity contribution < 1.29 is 14.3 Å². The van der Waals surface area contributed by atoms with E-state index in [1.807, 2.05) is 32.0 Å². The van der Waals surface area contributed by atoms with Gasteiger partial charge in [-0.3, -0.25) is 14.9 Å². The SMILES string of the molecule is Cc1ccc(NC(=O)COc2ccc(Cl)cc2[C@H]2CC(=O)Nc3ncnn32)c(C)c1. The van der Waals surface area contributed by atoms with Crippen molar-refractivity contribution in [2.45, 2.75) is 26.3 Å². The van der Waals surface area contributed by atoms with Crippen LogP contribution < -0.4 is 15.4 Å². The number of aryl methyl sites for hydroxylation is 2. The van der Waals surface area contributed by atoms with Crippen molar-refractivity contribution in [3.05, 3.63) is 64.4 Å². The smallest absolute Gasteiger partial charge is 0.262 e. The molecule has 2 heterocycles. The Kier molecular flexibility index (Phi) is 5.41. The number of anilines is 2. The molecule has 3 aromatic rings. The van der Waals surface area contributed by atoms with E-state index in [1.54, 1.807) is 22.9 Å². The molecule has 2 amide bonds. The largest absolute Gasteiger partial charge is 0.483 e. The maximum absolute atomic E-state index is 12.4. The van der Waals surface area contributed by atoms with Gasteiger partial charge in [-0.05, 0) is 43.7 Å². The molecule has 4 rings (SSSR count). The van der Waals surface area contributed by atoms with E-state index in [2.05, 4.69) is 20.7 Å². The molecule has 8 nitrogen and oxygen atoms in total. The van der Waals surface area contributed by atoms with Gasteiger partial charge in [-0.25, -0.2) is 4.68 Å². The molecule has 0 saturated carbocycles. The van der Waals surface area contributed by atoms with Crippen LogP contribution in [0.5, 0.6) is 5.75 Å². The first-order valence-electron chi connectivity index (χ1n) is 9.39. The third kappa shape index (κ3) is 4.13. The van der Waals surface area contributed by atoms with E-state index in [9.17, 15) is 9.59 Å². The average molecular weight is 426 g/mol. The molecule has 1 aromatic heterocycles. The predicted octanol–water partition coefficient (Wildman–Crippen LogP) is 3.50. The van der Waals surface area contributed by atoms with E-state index >= 15 is 0 Å². The Labute approximate surface area is 178 Å². The van der Waals surface area contributed by atoms with Crippen LogP contribution in [0, 0.1) is 13.8 Å². The molecule has 0 bridgehead atoms. The number of aromatic nitrogens is 3. The van der Waals surface area contributed by atoms with E-state index in [-0.39, 0.29) is 24.8 Å². The minimum absolute atomic E-state index is 0.155. The quantitative estimate of drug-likeness (QED) is 0.652. The first-order chi connectivity index (χ1) is 14.4. The second kappa shape index (κ2) is 8.16. The lowest BCUT2D eigenvalue weighted by Gasteiger charge is -2.25. The Morgan fingerprint density at radius 1 is 1.30 bits per heavy atom. The van der Waals surface area contributed by atoms with Gasteiger partial charge in [-0.2, -0.15) is 10.1 Å². The fourth-order valence-corrected chi connectivity index (χ4v) is 3.62. The Morgan fingerprint density at radius 2 is 2.13 bits per heavy atom. The van der Waals surface area contributed by atoms with Crippen molar-refractivity contribution in [3.63, 3.8) is 0 Å². The first-order valence-corrected chi connectivity index (χ1v) is 9.77. The van der Waals surface area contributed by atoms with Gasteiger partial charge in [0.2, 0.25) is 11.9 Å². The van der Waals surface area contributed by atoms with Crippen molar-refractivity contribution in [3.8, 4) is 5.75 Å². The number of carbonyl (C=O) groups excluding carboxylic acids is 2. The molecule has 154 valence electrons. The normalized spacial score (nSPS) is 15.3. The summed E-state index contributed by atoms with van der Waals surface area (Å²) in [5.74, 6) is 0.343. The highest BCUT2D eigenvalue weighted by molar-refractivity contribution is 6.30. The van der Waals surface area contributed by atoms with Gasteiger partial charge in [-0.1, -0.05) is 29.3 Å². The monoisotopic (exact) mass is 425 g/mol. The summed E-state index contributed by atoms with van der Waals surface area (Å²) in [5, 5.41) is 10.2. The molecule has 0 radical (unpaired) electrons. The molecule has 0 saturated heterocycles. The first kappa shape index (κ1) is 19.9. The number of amides is 2. The summed E-state index contributed by atoms with van der Waals surface area (Å²) in [6.45, 7) is 3.74. The number of nitrogens with zero attached hydrogens (tertiary/aromatic N) is 3. The topological polar surface area (TPSA) is 98.1 Å². The van der Waals surface area contributed by atoms with Crippen molar-refractivity contribution in [2.75, 3.05) is 17.2 Å². The molecule has 1 atom stereocenters. The van der Waals surface area contributed by atoms with Crippen molar-refractivity contribution >= 4 is 35.1 Å². The summed E-state index contributed by atoms with van der Waals surface area (Å²) in [6.07, 6.45) is 1.53. The molecule has 0 aliphatic carbocycles. The van der Waals surface area contributed by atoms with Crippen LogP contribution in [0.25, 0.3) is 0 Å². The molecule has 0 unspecified atom stereocenters. The number of fused-ring (bicyclic) bond motifs is 1. The molecule has 2 N–H and O–H groups in total. The predicted molar refractivity (Wildman–Crippen MR) is 113 cm³/mol. The van der Waals surface area contributed by atoms with Crippen LogP contribution in [0.1, 0.15) is 29.2 Å². The summed E-state index contributed by atoms with van der Waals surface area (Å²) in [5.41, 5.74) is 3.49. The van der Waals surface area contributed by atoms with E-state index in [0.29, 0.717) is 22.3 Å². The van der Waals surface area contributed by atoms with Crippen LogP contribution >= 0.6 is 11.6 Å². The second-order valence-corrected chi connectivity index (χ2v) is 7.57. The van der Waals surface area contributed by atoms with E-state index in [4.69, 9.17) is 16.3 Å². The van der Waals surface area contributed by atoms with Crippen molar-refractivity contribution in [1.29, 1.82) is 0 Å². The Hall–Kier alpha value is -3.39. The maximum Gasteiger partial charge on any atom is 0.262 e. The van der Waals surface area contributed by atoms with Crippen LogP contribution in [0.2, 0.25) is 5.02 Å². The summed E-state index contributed by atoms with van der Waals surface area (Å²) < 4.78 is 7.41. The zero-order valence-electron chi connectivity index (χ0n) is 16.5. The number of nitrogens with one attached hydrogen (secondary N) is 2. The molecule has 30 heavy (non-hydrogen) atoms. The Bertz CT molecular complexity index is 1130. The lowest BCUT2D eigenvalue weighted by molar-refractivity contribution is -0.118. The van der Waals surface area contributed by atoms with Crippen LogP contribution in [0.4, 0.5) is 11.6 Å². The summed E-state index contributed by atoms with van der Waals surface area (Å²) in [4.78, 5) is 28.6. The molecule has 0 spiro atoms. The molecular weight excluding hydrogens is 406 g/mol. The van der Waals surface area contributed by atoms with E-state index < -0.39 is 6.04 Å². The fraction of sp³-hybridized carbons (Fsp3) is 0.238. The number of halogens is 1. The van der Waals surface area contributed by atoms with Gasteiger partial charge < -0.3 is 10.1 Å². The fourth-order valence-electron chi connectivity index (χ4n) is 3.44. The third-order valence-electron chi connectivity index (χ3n) is 4.84. The van der Waals surface area contributed by atoms with Crippen LogP contribution in [-0.2, 0) is 9.59 Å². The zero-order chi connectivity index (χ0) is 21.3. The lowest BCUT2D eigenvalue weighted by atomic mass is 10.0. The van der Waals surface area contributed by atoms with Gasteiger partial charge in [0.25, 0.3) is 5.91 Å². The molecule has 9 heteroatoms. The Balaban J connectivity index is 1.53.